The van der Waals surface area contributed by atoms with E-state index in [0.717, 1.165) is 52.1 Å². The molecule has 0 atom stereocenters. The van der Waals surface area contributed by atoms with E-state index in [1.807, 2.05) is 6.92 Å². The lowest BCUT2D eigenvalue weighted by Gasteiger charge is -2.17. The summed E-state index contributed by atoms with van der Waals surface area (Å²) in [6.07, 6.45) is 5.09. The van der Waals surface area contributed by atoms with Gasteiger partial charge in [0.2, 0.25) is 5.91 Å². The van der Waals surface area contributed by atoms with Gasteiger partial charge in [0.05, 0.1) is 0 Å². The zero-order valence-electron chi connectivity index (χ0n) is 12.7. The van der Waals surface area contributed by atoms with Gasteiger partial charge in [-0.2, -0.15) is 0 Å². The highest BCUT2D eigenvalue weighted by Crippen LogP contribution is 1.93. The van der Waals surface area contributed by atoms with Crippen LogP contribution < -0.4 is 16.4 Å². The molecule has 0 spiro atoms. The van der Waals surface area contributed by atoms with Gasteiger partial charge in [0.25, 0.3) is 0 Å². The van der Waals surface area contributed by atoms with Crippen molar-refractivity contribution in [3.05, 3.63) is 0 Å². The molecule has 0 heterocycles. The molecule has 0 aliphatic rings. The fraction of sp³-hybridized carbons (Fsp3) is 0.923. The molecule has 4 N–H and O–H groups in total. The lowest BCUT2D eigenvalue weighted by molar-refractivity contribution is -0.120. The molecule has 1 amide bonds. The highest BCUT2D eigenvalue weighted by atomic mass is 16.1. The van der Waals surface area contributed by atoms with Crippen molar-refractivity contribution in [2.45, 2.75) is 39.0 Å². The number of nitrogens with two attached hydrogens (primary N) is 1. The van der Waals surface area contributed by atoms with E-state index in [4.69, 9.17) is 5.73 Å². The van der Waals surface area contributed by atoms with E-state index in [1.165, 1.54) is 12.8 Å². The third-order valence-corrected chi connectivity index (χ3v) is 3.06. The number of unbranched alkanes of at least 4 members (excludes halogenated alkanes) is 1. The Labute approximate surface area is 119 Å². The molecule has 0 aromatic heterocycles. The first kappa shape index (κ1) is 18.4. The third kappa shape index (κ3) is 13.6. The minimum absolute atomic E-state index is 0.145. The van der Waals surface area contributed by atoms with Crippen molar-refractivity contribution < 1.29 is 4.79 Å². The number of amides is 1. The molecule has 0 radical (unpaired) electrons. The Morgan fingerprint density at radius 2 is 1.79 bits per heavy atom. The van der Waals surface area contributed by atoms with E-state index in [9.17, 15) is 4.79 Å². The molecule has 0 rings (SSSR count). The van der Waals surface area contributed by atoms with E-state index in [1.54, 1.807) is 0 Å². The maximum atomic E-state index is 11.0. The lowest BCUT2D eigenvalue weighted by Crippen LogP contribution is -2.29. The number of carbonyl (C=O) groups excluding carboxylic acids is 1. The molecule has 0 bridgehead atoms. The molecule has 5 nitrogen and oxygen atoms in total. The first-order valence-corrected chi connectivity index (χ1v) is 7.56. The monoisotopic (exact) mass is 270 g/mol. The summed E-state index contributed by atoms with van der Waals surface area (Å²) in [6.45, 7) is 7.72. The van der Waals surface area contributed by atoms with E-state index < -0.39 is 0 Å². The number of carbonyl (C=O) groups is 1. The van der Waals surface area contributed by atoms with Crippen molar-refractivity contribution in [2.75, 3.05) is 39.3 Å². The second-order valence-electron chi connectivity index (χ2n) is 4.96. The summed E-state index contributed by atoms with van der Waals surface area (Å²) in [5.41, 5.74) is 5.42. The molecular formula is C13H31BN4O. The highest BCUT2D eigenvalue weighted by Gasteiger charge is 1.99. The van der Waals surface area contributed by atoms with Gasteiger partial charge in [-0.15, -0.1) is 0 Å². The minimum atomic E-state index is 0.145. The van der Waals surface area contributed by atoms with Crippen LogP contribution in [-0.2, 0) is 4.79 Å². The van der Waals surface area contributed by atoms with Crippen molar-refractivity contribution in [1.29, 1.82) is 0 Å². The molecule has 0 aromatic rings. The van der Waals surface area contributed by atoms with Gasteiger partial charge in [0, 0.05) is 13.0 Å². The summed E-state index contributed by atoms with van der Waals surface area (Å²) in [5.74, 6) is 0.145. The molecule has 0 saturated carbocycles. The van der Waals surface area contributed by atoms with Crippen LogP contribution in [0.4, 0.5) is 0 Å². The highest BCUT2D eigenvalue weighted by molar-refractivity contribution is 6.04. The fourth-order valence-corrected chi connectivity index (χ4v) is 1.80. The van der Waals surface area contributed by atoms with Crippen LogP contribution in [0, 0.1) is 0 Å². The van der Waals surface area contributed by atoms with Crippen LogP contribution in [0.5, 0.6) is 0 Å². The van der Waals surface area contributed by atoms with Gasteiger partial charge in [-0.3, -0.25) is 4.79 Å². The Balaban J connectivity index is 3.21. The van der Waals surface area contributed by atoms with Crippen molar-refractivity contribution in [2.24, 2.45) is 5.73 Å². The third-order valence-electron chi connectivity index (χ3n) is 3.06. The maximum Gasteiger partial charge on any atom is 0.219 e. The second kappa shape index (κ2) is 13.8. The van der Waals surface area contributed by atoms with Crippen LogP contribution in [0.15, 0.2) is 0 Å². The van der Waals surface area contributed by atoms with Crippen molar-refractivity contribution in [3.63, 3.8) is 0 Å². The van der Waals surface area contributed by atoms with Gasteiger partial charge >= 0.3 is 0 Å². The normalized spacial score (nSPS) is 10.9. The molecule has 0 aliphatic carbocycles. The second-order valence-corrected chi connectivity index (χ2v) is 4.96. The summed E-state index contributed by atoms with van der Waals surface area (Å²) in [6, 6.07) is 0. The molecular weight excluding hydrogens is 239 g/mol. The first-order chi connectivity index (χ1) is 9.20. The Bertz CT molecular complexity index is 217. The van der Waals surface area contributed by atoms with Gasteiger partial charge in [0.1, 0.15) is 0 Å². The number of hydrogen-bond donors (Lipinski definition) is 3. The SMILES string of the molecule is BN(CCCCNCCCN)CCCNC(=O)CC. The minimum Gasteiger partial charge on any atom is -0.356 e. The molecule has 0 fully saturated rings. The molecule has 112 valence electrons. The fourth-order valence-electron chi connectivity index (χ4n) is 1.80. The summed E-state index contributed by atoms with van der Waals surface area (Å²) >= 11 is 0. The Hall–Kier alpha value is -0.585. The molecule has 19 heavy (non-hydrogen) atoms. The molecule has 0 aliphatic heterocycles. The number of rotatable bonds is 13. The number of nitrogens with one attached hydrogen (secondary N) is 2. The van der Waals surface area contributed by atoms with E-state index in [-0.39, 0.29) is 5.91 Å². The zero-order valence-corrected chi connectivity index (χ0v) is 12.7. The predicted octanol–water partition coefficient (Wildman–Crippen LogP) is -0.529. The average molecular weight is 270 g/mol. The van der Waals surface area contributed by atoms with Crippen LogP contribution in [0.1, 0.15) is 39.0 Å². The van der Waals surface area contributed by atoms with Gasteiger partial charge in [0.15, 0.2) is 7.98 Å². The smallest absolute Gasteiger partial charge is 0.219 e. The van der Waals surface area contributed by atoms with Crippen molar-refractivity contribution in [3.8, 4) is 0 Å². The Morgan fingerprint density at radius 3 is 2.47 bits per heavy atom. The molecule has 6 heteroatoms. The lowest BCUT2D eigenvalue weighted by atomic mass is 10.2. The number of nitrogens with zero attached hydrogens (tertiary/aromatic N) is 1. The largest absolute Gasteiger partial charge is 0.356 e. The number of hydrogen-bond acceptors (Lipinski definition) is 4. The maximum absolute atomic E-state index is 11.0. The van der Waals surface area contributed by atoms with Gasteiger partial charge < -0.3 is 21.2 Å². The Morgan fingerprint density at radius 1 is 1.11 bits per heavy atom. The summed E-state index contributed by atoms with van der Waals surface area (Å²) in [4.78, 5) is 13.4. The predicted molar refractivity (Wildman–Crippen MR) is 83.8 cm³/mol. The summed E-state index contributed by atoms with van der Waals surface area (Å²) in [7, 11) is 2.14. The average Bonchev–Trinajstić information content (AvgIpc) is 2.42. The molecule has 0 saturated heterocycles. The van der Waals surface area contributed by atoms with Crippen LogP contribution in [0.2, 0.25) is 0 Å². The quantitative estimate of drug-likeness (QED) is 0.311. The topological polar surface area (TPSA) is 70.4 Å². The first-order valence-electron chi connectivity index (χ1n) is 7.56. The molecule has 0 unspecified atom stereocenters. The summed E-state index contributed by atoms with van der Waals surface area (Å²) in [5, 5.41) is 6.28. The van der Waals surface area contributed by atoms with Crippen LogP contribution in [0.25, 0.3) is 0 Å². The van der Waals surface area contributed by atoms with Gasteiger partial charge in [-0.1, -0.05) is 6.92 Å². The molecule has 0 aromatic carbocycles. The van der Waals surface area contributed by atoms with E-state index in [0.29, 0.717) is 6.42 Å². The summed E-state index contributed by atoms with van der Waals surface area (Å²) < 4.78 is 0. The van der Waals surface area contributed by atoms with Crippen LogP contribution in [-0.4, -0.2) is 58.0 Å². The van der Waals surface area contributed by atoms with E-state index >= 15 is 0 Å². The standard InChI is InChI=1S/C13H31BN4O/c1-2-13(19)17-10-6-12-18(14)11-4-3-8-16-9-5-7-15/h16H,2-12,14-15H2,1H3,(H,17,19). The van der Waals surface area contributed by atoms with Crippen molar-refractivity contribution in [1.82, 2.24) is 15.4 Å². The zero-order chi connectivity index (χ0) is 14.3. The van der Waals surface area contributed by atoms with Gasteiger partial charge in [-0.05, 0) is 58.4 Å². The van der Waals surface area contributed by atoms with Crippen LogP contribution in [0.3, 0.4) is 0 Å². The van der Waals surface area contributed by atoms with Gasteiger partial charge in [-0.25, -0.2) is 0 Å². The van der Waals surface area contributed by atoms with Crippen molar-refractivity contribution >= 4 is 13.9 Å². The van der Waals surface area contributed by atoms with Crippen LogP contribution >= 0.6 is 0 Å². The van der Waals surface area contributed by atoms with E-state index in [2.05, 4.69) is 23.4 Å². The Kier molecular flexibility index (Phi) is 13.4.